The topological polar surface area (TPSA) is 99.9 Å². The number of anilines is 2. The minimum absolute atomic E-state index is 0.0626. The second-order valence-electron chi connectivity index (χ2n) is 4.71. The molecule has 1 aromatic heterocycles. The van der Waals surface area contributed by atoms with E-state index in [0.29, 0.717) is 5.69 Å². The van der Waals surface area contributed by atoms with Crippen molar-refractivity contribution >= 4 is 11.8 Å². The second kappa shape index (κ2) is 5.69. The highest BCUT2D eigenvalue weighted by atomic mass is 16.5. The predicted octanol–water partition coefficient (Wildman–Crippen LogP) is 2.38. The van der Waals surface area contributed by atoms with Gasteiger partial charge in [-0.05, 0) is 29.3 Å². The number of aromatic nitrogens is 3. The highest BCUT2D eigenvalue weighted by molar-refractivity contribution is 5.76. The van der Waals surface area contributed by atoms with E-state index >= 15 is 0 Å². The molecule has 22 heavy (non-hydrogen) atoms. The standard InChI is InChI=1S/C16H15N5O/c1-22-13-7-5-10(6-8-13)11-3-2-4-12(9-11)14-15(17)19-16(18)21-20-14/h2-9H,1H3,(H4,17,18,19,21). The Morgan fingerprint density at radius 1 is 0.864 bits per heavy atom. The number of benzene rings is 2. The van der Waals surface area contributed by atoms with Gasteiger partial charge in [-0.3, -0.25) is 0 Å². The Morgan fingerprint density at radius 3 is 2.27 bits per heavy atom. The molecule has 1 heterocycles. The molecule has 0 atom stereocenters. The van der Waals surface area contributed by atoms with Crippen molar-refractivity contribution in [1.82, 2.24) is 15.2 Å². The summed E-state index contributed by atoms with van der Waals surface area (Å²) in [6, 6.07) is 15.7. The predicted molar refractivity (Wildman–Crippen MR) is 86.1 cm³/mol. The number of hydrogen-bond donors (Lipinski definition) is 2. The van der Waals surface area contributed by atoms with Crippen molar-refractivity contribution in [3.05, 3.63) is 48.5 Å². The molecule has 3 rings (SSSR count). The maximum atomic E-state index is 5.87. The number of hydrogen-bond acceptors (Lipinski definition) is 6. The number of nitrogen functional groups attached to an aromatic ring is 2. The molecule has 0 fully saturated rings. The lowest BCUT2D eigenvalue weighted by Gasteiger charge is -2.07. The molecule has 110 valence electrons. The van der Waals surface area contributed by atoms with Crippen LogP contribution in [0.25, 0.3) is 22.4 Å². The van der Waals surface area contributed by atoms with Crippen LogP contribution >= 0.6 is 0 Å². The van der Waals surface area contributed by atoms with Gasteiger partial charge in [0, 0.05) is 5.56 Å². The Kier molecular flexibility index (Phi) is 3.57. The van der Waals surface area contributed by atoms with E-state index in [2.05, 4.69) is 15.2 Å². The number of rotatable bonds is 3. The third-order valence-corrected chi connectivity index (χ3v) is 3.29. The molecule has 2 aromatic carbocycles. The van der Waals surface area contributed by atoms with Crippen LogP contribution in [0.4, 0.5) is 11.8 Å². The molecule has 0 aliphatic rings. The van der Waals surface area contributed by atoms with Gasteiger partial charge in [0.2, 0.25) is 5.95 Å². The first-order valence-corrected chi connectivity index (χ1v) is 6.68. The summed E-state index contributed by atoms with van der Waals surface area (Å²) in [4.78, 5) is 3.94. The first kappa shape index (κ1) is 13.8. The quantitative estimate of drug-likeness (QED) is 0.769. The van der Waals surface area contributed by atoms with E-state index in [1.54, 1.807) is 7.11 Å². The van der Waals surface area contributed by atoms with Gasteiger partial charge in [0.1, 0.15) is 11.4 Å². The third-order valence-electron chi connectivity index (χ3n) is 3.29. The van der Waals surface area contributed by atoms with Crippen molar-refractivity contribution in [1.29, 1.82) is 0 Å². The van der Waals surface area contributed by atoms with Gasteiger partial charge in [-0.2, -0.15) is 4.98 Å². The van der Waals surface area contributed by atoms with Gasteiger partial charge >= 0.3 is 0 Å². The van der Waals surface area contributed by atoms with Crippen molar-refractivity contribution in [2.75, 3.05) is 18.6 Å². The Labute approximate surface area is 127 Å². The maximum absolute atomic E-state index is 5.87. The minimum atomic E-state index is 0.0626. The third kappa shape index (κ3) is 2.67. The largest absolute Gasteiger partial charge is 0.497 e. The molecule has 0 bridgehead atoms. The summed E-state index contributed by atoms with van der Waals surface area (Å²) in [6.07, 6.45) is 0. The van der Waals surface area contributed by atoms with E-state index in [1.165, 1.54) is 0 Å². The molecule has 6 heteroatoms. The molecular weight excluding hydrogens is 278 g/mol. The number of methoxy groups -OCH3 is 1. The summed E-state index contributed by atoms with van der Waals surface area (Å²) in [6.45, 7) is 0. The minimum Gasteiger partial charge on any atom is -0.497 e. The lowest BCUT2D eigenvalue weighted by atomic mass is 10.0. The molecule has 0 spiro atoms. The lowest BCUT2D eigenvalue weighted by molar-refractivity contribution is 0.415. The zero-order valence-electron chi connectivity index (χ0n) is 12.0. The Bertz CT molecular complexity index is 802. The SMILES string of the molecule is COc1ccc(-c2cccc(-c3nnc(N)nc3N)c2)cc1. The monoisotopic (exact) mass is 293 g/mol. The first-order valence-electron chi connectivity index (χ1n) is 6.68. The Hall–Kier alpha value is -3.15. The van der Waals surface area contributed by atoms with Crippen LogP contribution in [0.3, 0.4) is 0 Å². The summed E-state index contributed by atoms with van der Waals surface area (Å²) >= 11 is 0. The van der Waals surface area contributed by atoms with Crippen LogP contribution in [0.2, 0.25) is 0 Å². The van der Waals surface area contributed by atoms with Crippen LogP contribution in [0.5, 0.6) is 5.75 Å². The summed E-state index contributed by atoms with van der Waals surface area (Å²) in [7, 11) is 1.64. The van der Waals surface area contributed by atoms with Crippen LogP contribution in [-0.2, 0) is 0 Å². The summed E-state index contributed by atoms with van der Waals surface area (Å²) in [5.41, 5.74) is 14.8. The van der Waals surface area contributed by atoms with Crippen LogP contribution in [0, 0.1) is 0 Å². The zero-order chi connectivity index (χ0) is 15.5. The normalized spacial score (nSPS) is 10.4. The van der Waals surface area contributed by atoms with Crippen molar-refractivity contribution in [2.24, 2.45) is 0 Å². The summed E-state index contributed by atoms with van der Waals surface area (Å²) in [5.74, 6) is 1.14. The van der Waals surface area contributed by atoms with Gasteiger partial charge < -0.3 is 16.2 Å². The fraction of sp³-hybridized carbons (Fsp3) is 0.0625. The fourth-order valence-electron chi connectivity index (χ4n) is 2.19. The Balaban J connectivity index is 2.01. The summed E-state index contributed by atoms with van der Waals surface area (Å²) in [5, 5.41) is 7.79. The van der Waals surface area contributed by atoms with Crippen LogP contribution in [0.15, 0.2) is 48.5 Å². The van der Waals surface area contributed by atoms with E-state index in [9.17, 15) is 0 Å². The second-order valence-corrected chi connectivity index (χ2v) is 4.71. The molecule has 3 aromatic rings. The molecule has 0 unspecified atom stereocenters. The summed E-state index contributed by atoms with van der Waals surface area (Å²) < 4.78 is 5.17. The highest BCUT2D eigenvalue weighted by Gasteiger charge is 2.09. The number of nitrogens with zero attached hydrogens (tertiary/aromatic N) is 3. The molecule has 0 aliphatic carbocycles. The highest BCUT2D eigenvalue weighted by Crippen LogP contribution is 2.28. The van der Waals surface area contributed by atoms with Crippen LogP contribution < -0.4 is 16.2 Å². The van der Waals surface area contributed by atoms with Crippen LogP contribution in [-0.4, -0.2) is 22.3 Å². The molecular formula is C16H15N5O. The molecule has 0 aliphatic heterocycles. The number of ether oxygens (including phenoxy) is 1. The van der Waals surface area contributed by atoms with Gasteiger partial charge in [-0.25, -0.2) is 0 Å². The lowest BCUT2D eigenvalue weighted by Crippen LogP contribution is -2.04. The fourth-order valence-corrected chi connectivity index (χ4v) is 2.19. The van der Waals surface area contributed by atoms with Gasteiger partial charge in [-0.15, -0.1) is 10.2 Å². The average molecular weight is 293 g/mol. The number of nitrogens with two attached hydrogens (primary N) is 2. The van der Waals surface area contributed by atoms with E-state index in [-0.39, 0.29) is 11.8 Å². The zero-order valence-corrected chi connectivity index (χ0v) is 12.0. The van der Waals surface area contributed by atoms with Gasteiger partial charge in [0.05, 0.1) is 7.11 Å². The maximum Gasteiger partial charge on any atom is 0.242 e. The van der Waals surface area contributed by atoms with Crippen molar-refractivity contribution in [2.45, 2.75) is 0 Å². The van der Waals surface area contributed by atoms with Crippen molar-refractivity contribution < 1.29 is 4.74 Å². The van der Waals surface area contributed by atoms with Crippen molar-refractivity contribution in [3.8, 4) is 28.1 Å². The average Bonchev–Trinajstić information content (AvgIpc) is 2.55. The van der Waals surface area contributed by atoms with E-state index in [0.717, 1.165) is 22.4 Å². The van der Waals surface area contributed by atoms with Gasteiger partial charge in [-0.1, -0.05) is 30.3 Å². The van der Waals surface area contributed by atoms with Crippen molar-refractivity contribution in [3.63, 3.8) is 0 Å². The van der Waals surface area contributed by atoms with Gasteiger partial charge in [0.15, 0.2) is 5.82 Å². The van der Waals surface area contributed by atoms with E-state index < -0.39 is 0 Å². The molecule has 6 nitrogen and oxygen atoms in total. The van der Waals surface area contributed by atoms with Crippen LogP contribution in [0.1, 0.15) is 0 Å². The molecule has 0 radical (unpaired) electrons. The molecule has 0 saturated heterocycles. The van der Waals surface area contributed by atoms with E-state index in [1.807, 2.05) is 48.5 Å². The molecule has 0 saturated carbocycles. The first-order chi connectivity index (χ1) is 10.7. The smallest absolute Gasteiger partial charge is 0.242 e. The molecule has 0 amide bonds. The molecule has 4 N–H and O–H groups in total. The van der Waals surface area contributed by atoms with E-state index in [4.69, 9.17) is 16.2 Å². The van der Waals surface area contributed by atoms with Gasteiger partial charge in [0.25, 0.3) is 0 Å². The Morgan fingerprint density at radius 2 is 1.59 bits per heavy atom.